The highest BCUT2D eigenvalue weighted by molar-refractivity contribution is 5.94. The lowest BCUT2D eigenvalue weighted by molar-refractivity contribution is -0.125. The Morgan fingerprint density at radius 3 is 2.23 bits per heavy atom. The average molecular weight is 300 g/mol. The number of nitrogens with one attached hydrogen (secondary N) is 1. The van der Waals surface area contributed by atoms with Crippen LogP contribution >= 0.6 is 0 Å². The van der Waals surface area contributed by atoms with E-state index >= 15 is 0 Å². The molecule has 1 saturated heterocycles. The first-order chi connectivity index (χ1) is 10.7. The predicted octanol–water partition coefficient (Wildman–Crippen LogP) is 2.60. The Morgan fingerprint density at radius 1 is 0.955 bits per heavy atom. The molecule has 1 aromatic carbocycles. The van der Waals surface area contributed by atoms with Crippen molar-refractivity contribution < 1.29 is 9.59 Å². The number of nitrogens with zero attached hydrogens (tertiary/aromatic N) is 1. The van der Waals surface area contributed by atoms with Crippen molar-refractivity contribution in [3.8, 4) is 0 Å². The molecule has 0 radical (unpaired) electrons. The number of amides is 2. The number of hydrogen-bond donors (Lipinski definition) is 1. The van der Waals surface area contributed by atoms with Gasteiger partial charge in [0.15, 0.2) is 0 Å². The minimum Gasteiger partial charge on any atom is -0.353 e. The van der Waals surface area contributed by atoms with Crippen molar-refractivity contribution >= 4 is 11.8 Å². The Kier molecular flexibility index (Phi) is 4.76. The zero-order chi connectivity index (χ0) is 15.4. The van der Waals surface area contributed by atoms with Crippen LogP contribution in [0.1, 0.15) is 48.9 Å². The van der Waals surface area contributed by atoms with Crippen LogP contribution in [-0.4, -0.2) is 35.8 Å². The molecule has 1 N–H and O–H groups in total. The third-order valence-electron chi connectivity index (χ3n) is 4.88. The topological polar surface area (TPSA) is 49.4 Å². The van der Waals surface area contributed by atoms with Crippen LogP contribution in [-0.2, 0) is 4.79 Å². The molecule has 118 valence electrons. The van der Waals surface area contributed by atoms with Gasteiger partial charge < -0.3 is 10.2 Å². The largest absolute Gasteiger partial charge is 0.353 e. The first-order valence-electron chi connectivity index (χ1n) is 8.39. The molecule has 4 nitrogen and oxygen atoms in total. The third-order valence-corrected chi connectivity index (χ3v) is 4.88. The van der Waals surface area contributed by atoms with Crippen LogP contribution in [0.4, 0.5) is 0 Å². The second-order valence-electron chi connectivity index (χ2n) is 6.42. The van der Waals surface area contributed by atoms with Crippen molar-refractivity contribution in [2.75, 3.05) is 13.1 Å². The summed E-state index contributed by atoms with van der Waals surface area (Å²) >= 11 is 0. The van der Waals surface area contributed by atoms with Crippen molar-refractivity contribution in [1.82, 2.24) is 10.2 Å². The van der Waals surface area contributed by atoms with E-state index in [1.807, 2.05) is 35.2 Å². The van der Waals surface area contributed by atoms with E-state index in [2.05, 4.69) is 5.32 Å². The lowest BCUT2D eigenvalue weighted by Gasteiger charge is -2.33. The van der Waals surface area contributed by atoms with Gasteiger partial charge in [-0.1, -0.05) is 31.0 Å². The molecule has 0 bridgehead atoms. The highest BCUT2D eigenvalue weighted by atomic mass is 16.2. The van der Waals surface area contributed by atoms with Crippen LogP contribution in [0.2, 0.25) is 0 Å². The quantitative estimate of drug-likeness (QED) is 0.933. The normalized spacial score (nSPS) is 20.1. The minimum absolute atomic E-state index is 0.0983. The molecule has 2 aliphatic rings. The van der Waals surface area contributed by atoms with Gasteiger partial charge in [0.2, 0.25) is 5.91 Å². The van der Waals surface area contributed by atoms with E-state index in [-0.39, 0.29) is 23.8 Å². The van der Waals surface area contributed by atoms with Crippen LogP contribution in [0.15, 0.2) is 30.3 Å². The van der Waals surface area contributed by atoms with Crippen molar-refractivity contribution in [2.24, 2.45) is 5.92 Å². The Labute approximate surface area is 131 Å². The molecule has 0 aromatic heterocycles. The van der Waals surface area contributed by atoms with E-state index in [0.29, 0.717) is 0 Å². The first kappa shape index (κ1) is 15.1. The number of piperidine rings is 1. The second-order valence-corrected chi connectivity index (χ2v) is 6.42. The molecule has 3 rings (SSSR count). The summed E-state index contributed by atoms with van der Waals surface area (Å²) in [4.78, 5) is 26.4. The summed E-state index contributed by atoms with van der Waals surface area (Å²) in [5.41, 5.74) is 0.746. The molecule has 2 fully saturated rings. The van der Waals surface area contributed by atoms with Gasteiger partial charge in [-0.2, -0.15) is 0 Å². The zero-order valence-electron chi connectivity index (χ0n) is 13.0. The summed E-state index contributed by atoms with van der Waals surface area (Å²) in [7, 11) is 0. The van der Waals surface area contributed by atoms with E-state index in [1.54, 1.807) is 0 Å². The Hall–Kier alpha value is -1.84. The number of rotatable bonds is 3. The van der Waals surface area contributed by atoms with Crippen molar-refractivity contribution in [1.29, 1.82) is 0 Å². The molecule has 2 amide bonds. The fourth-order valence-electron chi connectivity index (χ4n) is 3.50. The number of hydrogen-bond acceptors (Lipinski definition) is 2. The first-order valence-corrected chi connectivity index (χ1v) is 8.39. The van der Waals surface area contributed by atoms with Crippen LogP contribution < -0.4 is 5.32 Å². The van der Waals surface area contributed by atoms with Gasteiger partial charge in [0.1, 0.15) is 0 Å². The van der Waals surface area contributed by atoms with E-state index < -0.39 is 0 Å². The maximum atomic E-state index is 12.4. The molecule has 0 spiro atoms. The van der Waals surface area contributed by atoms with Crippen molar-refractivity contribution in [3.05, 3.63) is 35.9 Å². The second kappa shape index (κ2) is 6.95. The van der Waals surface area contributed by atoms with Crippen LogP contribution in [0.25, 0.3) is 0 Å². The number of likely N-dealkylation sites (tertiary alicyclic amines) is 1. The maximum absolute atomic E-state index is 12.4. The highest BCUT2D eigenvalue weighted by Gasteiger charge is 2.28. The summed E-state index contributed by atoms with van der Waals surface area (Å²) in [6.45, 7) is 1.45. The molecular weight excluding hydrogens is 276 g/mol. The minimum atomic E-state index is 0.0983. The van der Waals surface area contributed by atoms with Gasteiger partial charge in [0, 0.05) is 30.6 Å². The number of carbonyl (C=O) groups is 2. The molecule has 0 atom stereocenters. The smallest absolute Gasteiger partial charge is 0.253 e. The van der Waals surface area contributed by atoms with Crippen molar-refractivity contribution in [3.63, 3.8) is 0 Å². The van der Waals surface area contributed by atoms with Gasteiger partial charge in [-0.25, -0.2) is 0 Å². The highest BCUT2D eigenvalue weighted by Crippen LogP contribution is 2.25. The molecule has 1 aliphatic heterocycles. The van der Waals surface area contributed by atoms with Gasteiger partial charge in [0.25, 0.3) is 5.91 Å². The van der Waals surface area contributed by atoms with E-state index in [0.717, 1.165) is 44.3 Å². The monoisotopic (exact) mass is 300 g/mol. The summed E-state index contributed by atoms with van der Waals surface area (Å²) in [6, 6.07) is 9.64. The average Bonchev–Trinajstić information content (AvgIpc) is 3.10. The maximum Gasteiger partial charge on any atom is 0.253 e. The van der Waals surface area contributed by atoms with Crippen LogP contribution in [0.3, 0.4) is 0 Å². The molecule has 4 heteroatoms. The Bertz CT molecular complexity index is 515. The van der Waals surface area contributed by atoms with Crippen molar-refractivity contribution in [2.45, 2.75) is 44.6 Å². The molecule has 22 heavy (non-hydrogen) atoms. The van der Waals surface area contributed by atoms with Crippen LogP contribution in [0, 0.1) is 5.92 Å². The molecule has 1 aliphatic carbocycles. The molecular formula is C18H24N2O2. The summed E-state index contributed by atoms with van der Waals surface area (Å²) in [5, 5.41) is 3.18. The van der Waals surface area contributed by atoms with E-state index in [4.69, 9.17) is 0 Å². The molecule has 0 unspecified atom stereocenters. The van der Waals surface area contributed by atoms with Gasteiger partial charge in [-0.3, -0.25) is 9.59 Å². The lowest BCUT2D eigenvalue weighted by Crippen LogP contribution is -2.47. The van der Waals surface area contributed by atoms with Gasteiger partial charge in [-0.15, -0.1) is 0 Å². The standard InChI is InChI=1S/C18H24N2O2/c21-17(14-6-4-5-7-14)19-16-10-12-20(13-11-16)18(22)15-8-2-1-3-9-15/h1-3,8-9,14,16H,4-7,10-13H2,(H,19,21). The zero-order valence-corrected chi connectivity index (χ0v) is 13.0. The lowest BCUT2D eigenvalue weighted by atomic mass is 10.0. The fourth-order valence-corrected chi connectivity index (χ4v) is 3.50. The summed E-state index contributed by atoms with van der Waals surface area (Å²) in [5.74, 6) is 0.551. The van der Waals surface area contributed by atoms with Gasteiger partial charge >= 0.3 is 0 Å². The Morgan fingerprint density at radius 2 is 1.59 bits per heavy atom. The number of benzene rings is 1. The Balaban J connectivity index is 1.48. The van der Waals surface area contributed by atoms with Gasteiger partial charge in [-0.05, 0) is 37.8 Å². The predicted molar refractivity (Wildman–Crippen MR) is 85.5 cm³/mol. The summed E-state index contributed by atoms with van der Waals surface area (Å²) < 4.78 is 0. The van der Waals surface area contributed by atoms with Crippen LogP contribution in [0.5, 0.6) is 0 Å². The molecule has 1 saturated carbocycles. The third kappa shape index (κ3) is 3.49. The van der Waals surface area contributed by atoms with Gasteiger partial charge in [0.05, 0.1) is 0 Å². The SMILES string of the molecule is O=C(NC1CCN(C(=O)c2ccccc2)CC1)C1CCCC1. The fraction of sp³-hybridized carbons (Fsp3) is 0.556. The molecule has 1 heterocycles. The number of carbonyl (C=O) groups excluding carboxylic acids is 2. The molecule has 1 aromatic rings. The van der Waals surface area contributed by atoms with E-state index in [9.17, 15) is 9.59 Å². The van der Waals surface area contributed by atoms with E-state index in [1.165, 1.54) is 12.8 Å². The summed E-state index contributed by atoms with van der Waals surface area (Å²) in [6.07, 6.45) is 6.16.